The number of H-pyrrole nitrogens is 1. The highest BCUT2D eigenvalue weighted by atomic mass is 16.6. The maximum Gasteiger partial charge on any atom is 0.410 e. The van der Waals surface area contributed by atoms with Crippen LogP contribution in [-0.2, 0) is 9.53 Å². The van der Waals surface area contributed by atoms with Crippen LogP contribution in [0.1, 0.15) is 61.0 Å². The lowest BCUT2D eigenvalue weighted by Crippen LogP contribution is -2.36. The zero-order valence-corrected chi connectivity index (χ0v) is 18.5. The van der Waals surface area contributed by atoms with Crippen molar-refractivity contribution in [1.29, 1.82) is 0 Å². The number of aldehydes is 1. The Hall–Kier alpha value is -3.56. The molecule has 0 bridgehead atoms. The van der Waals surface area contributed by atoms with Gasteiger partial charge in [0.1, 0.15) is 17.6 Å². The Morgan fingerprint density at radius 3 is 2.94 bits per heavy atom. The summed E-state index contributed by atoms with van der Waals surface area (Å²) in [4.78, 5) is 37.5. The number of carbonyl (C=O) groups is 3. The number of aromatic amines is 1. The van der Waals surface area contributed by atoms with Gasteiger partial charge >= 0.3 is 6.09 Å². The van der Waals surface area contributed by atoms with Crippen molar-refractivity contribution in [2.75, 3.05) is 18.5 Å². The third-order valence-corrected chi connectivity index (χ3v) is 6.26. The highest BCUT2D eigenvalue weighted by molar-refractivity contribution is 5.91. The normalized spacial score (nSPS) is 22.2. The first kappa shape index (κ1) is 22.6. The average Bonchev–Trinajstić information content (AvgIpc) is 3.53. The smallest absolute Gasteiger partial charge is 0.410 e. The molecule has 0 unspecified atom stereocenters. The van der Waals surface area contributed by atoms with E-state index >= 15 is 0 Å². The van der Waals surface area contributed by atoms with Gasteiger partial charge < -0.3 is 24.8 Å². The van der Waals surface area contributed by atoms with Gasteiger partial charge in [0.05, 0.1) is 5.56 Å². The van der Waals surface area contributed by atoms with E-state index in [1.165, 1.54) is 18.2 Å². The molecule has 1 saturated carbocycles. The predicted octanol–water partition coefficient (Wildman–Crippen LogP) is 3.20. The first-order valence-corrected chi connectivity index (χ1v) is 11.2. The van der Waals surface area contributed by atoms with E-state index in [0.717, 1.165) is 37.9 Å². The Morgan fingerprint density at radius 2 is 2.18 bits per heavy atom. The summed E-state index contributed by atoms with van der Waals surface area (Å²) in [6.07, 6.45) is 4.51. The van der Waals surface area contributed by atoms with Crippen LogP contribution in [0.15, 0.2) is 24.3 Å². The molecule has 1 aromatic heterocycles. The van der Waals surface area contributed by atoms with Crippen LogP contribution in [0.2, 0.25) is 0 Å². The number of aromatic hydroxyl groups is 1. The van der Waals surface area contributed by atoms with E-state index in [9.17, 15) is 19.5 Å². The number of ether oxygens (including phenoxy) is 2. The molecule has 176 valence electrons. The van der Waals surface area contributed by atoms with Gasteiger partial charge in [-0.2, -0.15) is 5.10 Å². The van der Waals surface area contributed by atoms with Crippen molar-refractivity contribution in [3.05, 3.63) is 35.5 Å². The number of amides is 2. The lowest BCUT2D eigenvalue weighted by molar-refractivity contribution is -0.118. The fourth-order valence-corrected chi connectivity index (χ4v) is 4.45. The molecule has 1 aliphatic carbocycles. The van der Waals surface area contributed by atoms with E-state index in [0.29, 0.717) is 18.5 Å². The molecular formula is C23H28N4O6. The molecule has 2 fully saturated rings. The maximum atomic E-state index is 12.4. The van der Waals surface area contributed by atoms with E-state index in [-0.39, 0.29) is 47.8 Å². The van der Waals surface area contributed by atoms with E-state index in [1.807, 2.05) is 6.92 Å². The van der Waals surface area contributed by atoms with Crippen LogP contribution in [0.5, 0.6) is 11.5 Å². The number of hydrogen-bond donors (Lipinski definition) is 3. The Labute approximate surface area is 191 Å². The van der Waals surface area contributed by atoms with Crippen molar-refractivity contribution in [2.45, 2.75) is 57.1 Å². The van der Waals surface area contributed by atoms with E-state index in [2.05, 4.69) is 15.5 Å². The lowest BCUT2D eigenvalue weighted by atomic mass is 10.0. The predicted molar refractivity (Wildman–Crippen MR) is 118 cm³/mol. The summed E-state index contributed by atoms with van der Waals surface area (Å²) in [5.41, 5.74) is 0.860. The third-order valence-electron chi connectivity index (χ3n) is 6.26. The van der Waals surface area contributed by atoms with Crippen LogP contribution in [0, 0.1) is 0 Å². The van der Waals surface area contributed by atoms with Gasteiger partial charge in [0.15, 0.2) is 18.7 Å². The minimum Gasteiger partial charge on any atom is -0.507 e. The largest absolute Gasteiger partial charge is 0.507 e. The van der Waals surface area contributed by atoms with Crippen molar-refractivity contribution < 1.29 is 29.0 Å². The molecule has 3 atom stereocenters. The lowest BCUT2D eigenvalue weighted by Gasteiger charge is -2.23. The van der Waals surface area contributed by atoms with Crippen molar-refractivity contribution in [2.24, 2.45) is 0 Å². The minimum absolute atomic E-state index is 0.0111. The molecule has 2 aliphatic rings. The van der Waals surface area contributed by atoms with Crippen LogP contribution in [0.25, 0.3) is 0 Å². The van der Waals surface area contributed by atoms with Gasteiger partial charge in [0.25, 0.3) is 5.91 Å². The van der Waals surface area contributed by atoms with E-state index in [1.54, 1.807) is 11.0 Å². The molecule has 1 aliphatic heterocycles. The second kappa shape index (κ2) is 9.93. The van der Waals surface area contributed by atoms with Crippen molar-refractivity contribution >= 4 is 24.1 Å². The number of likely N-dealkylation sites (tertiary alicyclic amines) is 1. The Bertz CT molecular complexity index is 1020. The summed E-state index contributed by atoms with van der Waals surface area (Å²) >= 11 is 0. The van der Waals surface area contributed by atoms with Gasteiger partial charge in [0, 0.05) is 30.3 Å². The number of carbonyl (C=O) groups excluding carboxylic acids is 3. The van der Waals surface area contributed by atoms with Gasteiger partial charge in [-0.1, -0.05) is 6.07 Å². The van der Waals surface area contributed by atoms with Crippen molar-refractivity contribution in [3.63, 3.8) is 0 Å². The topological polar surface area (TPSA) is 134 Å². The molecule has 1 saturated heterocycles. The molecule has 10 heteroatoms. The zero-order valence-electron chi connectivity index (χ0n) is 18.5. The summed E-state index contributed by atoms with van der Waals surface area (Å²) in [5, 5.41) is 19.4. The van der Waals surface area contributed by atoms with Gasteiger partial charge in [-0.3, -0.25) is 14.7 Å². The molecule has 33 heavy (non-hydrogen) atoms. The summed E-state index contributed by atoms with van der Waals surface area (Å²) in [5.74, 6) is -0.0219. The number of rotatable bonds is 7. The highest BCUT2D eigenvalue weighted by Crippen LogP contribution is 2.36. The van der Waals surface area contributed by atoms with Crippen LogP contribution in [-0.4, -0.2) is 63.8 Å². The molecule has 3 N–H and O–H groups in total. The molecule has 0 radical (unpaired) electrons. The number of phenolic OH excluding ortho intramolecular Hbond substituents is 1. The second-order valence-electron chi connectivity index (χ2n) is 8.55. The Kier molecular flexibility index (Phi) is 6.81. The fraction of sp³-hybridized carbons (Fsp3) is 0.478. The van der Waals surface area contributed by atoms with Crippen LogP contribution in [0.3, 0.4) is 0 Å². The number of anilines is 1. The standard InChI is InChI=1S/C23H28N4O6/c1-14-4-3-9-27(14)23(31)33-16-8-7-15(10-16)18-11-21(26-25-18)24-22(30)13-32-20-6-2-5-19(29)17(20)12-28/h2,5-6,11-12,14-16,29H,3-4,7-10,13H2,1H3,(H2,24,25,26,30)/t14-,15+,16-/m1/s1. The number of benzene rings is 1. The van der Waals surface area contributed by atoms with Gasteiger partial charge in [-0.15, -0.1) is 0 Å². The summed E-state index contributed by atoms with van der Waals surface area (Å²) in [6.45, 7) is 2.45. The van der Waals surface area contributed by atoms with Gasteiger partial charge in [-0.05, 0) is 51.2 Å². The molecule has 2 heterocycles. The van der Waals surface area contributed by atoms with Gasteiger partial charge in [0.2, 0.25) is 0 Å². The highest BCUT2D eigenvalue weighted by Gasteiger charge is 2.33. The molecule has 1 aromatic carbocycles. The molecule has 2 aromatic rings. The van der Waals surface area contributed by atoms with Gasteiger partial charge in [-0.25, -0.2) is 4.79 Å². The SMILES string of the molecule is C[C@@H]1CCCN1C(=O)O[C@@H]1CC[C@H](c2cc(NC(=O)COc3cccc(O)c3C=O)n[nH]2)C1. The van der Waals surface area contributed by atoms with Crippen molar-refractivity contribution in [3.8, 4) is 11.5 Å². The fourth-order valence-electron chi connectivity index (χ4n) is 4.45. The second-order valence-corrected chi connectivity index (χ2v) is 8.55. The number of hydrogen-bond acceptors (Lipinski definition) is 7. The quantitative estimate of drug-likeness (QED) is 0.545. The van der Waals surface area contributed by atoms with Crippen molar-refractivity contribution in [1.82, 2.24) is 15.1 Å². The molecular weight excluding hydrogens is 428 g/mol. The maximum absolute atomic E-state index is 12.4. The molecule has 2 amide bonds. The van der Waals surface area contributed by atoms with E-state index in [4.69, 9.17) is 9.47 Å². The summed E-state index contributed by atoms with van der Waals surface area (Å²) < 4.78 is 11.1. The number of nitrogens with one attached hydrogen (secondary N) is 2. The zero-order chi connectivity index (χ0) is 23.4. The monoisotopic (exact) mass is 456 g/mol. The molecule has 0 spiro atoms. The number of nitrogens with zero attached hydrogens (tertiary/aromatic N) is 2. The average molecular weight is 456 g/mol. The van der Waals surface area contributed by atoms with Crippen LogP contribution >= 0.6 is 0 Å². The summed E-state index contributed by atoms with van der Waals surface area (Å²) in [6, 6.07) is 6.38. The first-order valence-electron chi connectivity index (χ1n) is 11.2. The van der Waals surface area contributed by atoms with E-state index < -0.39 is 5.91 Å². The third kappa shape index (κ3) is 5.27. The number of aromatic nitrogens is 2. The molecule has 10 nitrogen and oxygen atoms in total. The van der Waals surface area contributed by atoms with Crippen LogP contribution in [0.4, 0.5) is 10.6 Å². The number of phenols is 1. The first-order chi connectivity index (χ1) is 15.9. The molecule has 4 rings (SSSR count). The Balaban J connectivity index is 1.26. The van der Waals surface area contributed by atoms with Crippen LogP contribution < -0.4 is 10.1 Å². The minimum atomic E-state index is -0.453. The Morgan fingerprint density at radius 1 is 1.33 bits per heavy atom. The summed E-state index contributed by atoms with van der Waals surface area (Å²) in [7, 11) is 0.